The van der Waals surface area contributed by atoms with Gasteiger partial charge in [0.05, 0.1) is 32.2 Å². The summed E-state index contributed by atoms with van der Waals surface area (Å²) in [6.07, 6.45) is 1.64. The maximum atomic E-state index is 11.1. The van der Waals surface area contributed by atoms with Crippen molar-refractivity contribution in [1.29, 1.82) is 0 Å². The van der Waals surface area contributed by atoms with Crippen molar-refractivity contribution in [2.75, 3.05) is 27.9 Å². The number of fused-ring (bicyclic) bond motifs is 1. The lowest BCUT2D eigenvalue weighted by Gasteiger charge is -2.16. The van der Waals surface area contributed by atoms with E-state index in [0.29, 0.717) is 39.5 Å². The van der Waals surface area contributed by atoms with E-state index in [4.69, 9.17) is 24.1 Å². The van der Waals surface area contributed by atoms with E-state index in [1.807, 2.05) is 24.3 Å². The molecule has 0 bridgehead atoms. The first-order chi connectivity index (χ1) is 13.1. The smallest absolute Gasteiger partial charge is 0.341 e. The van der Waals surface area contributed by atoms with Crippen molar-refractivity contribution in [1.82, 2.24) is 4.98 Å². The summed E-state index contributed by atoms with van der Waals surface area (Å²) in [5.41, 5.74) is 2.03. The van der Waals surface area contributed by atoms with Crippen LogP contribution in [-0.4, -0.2) is 44.0 Å². The van der Waals surface area contributed by atoms with E-state index in [9.17, 15) is 4.79 Å². The molecule has 0 spiro atoms. The quantitative estimate of drug-likeness (QED) is 0.683. The van der Waals surface area contributed by atoms with Crippen LogP contribution in [0.1, 0.15) is 0 Å². The van der Waals surface area contributed by atoms with Gasteiger partial charge in [0.15, 0.2) is 6.61 Å². The van der Waals surface area contributed by atoms with Gasteiger partial charge in [0.2, 0.25) is 0 Å². The summed E-state index contributed by atoms with van der Waals surface area (Å²) < 4.78 is 21.6. The zero-order valence-corrected chi connectivity index (χ0v) is 15.2. The number of methoxy groups -OCH3 is 3. The minimum absolute atomic E-state index is 0.382. The van der Waals surface area contributed by atoms with Crippen molar-refractivity contribution in [3.05, 3.63) is 42.6 Å². The Hall–Kier alpha value is -3.48. The molecule has 0 atom stereocenters. The van der Waals surface area contributed by atoms with Crippen LogP contribution < -0.4 is 18.9 Å². The number of ether oxygens (including phenoxy) is 4. The summed E-state index contributed by atoms with van der Waals surface area (Å²) >= 11 is 0. The molecule has 1 N–H and O–H groups in total. The third kappa shape index (κ3) is 3.72. The number of hydrogen-bond donors (Lipinski definition) is 1. The summed E-state index contributed by atoms with van der Waals surface area (Å²) in [4.78, 5) is 15.6. The highest BCUT2D eigenvalue weighted by molar-refractivity contribution is 5.97. The van der Waals surface area contributed by atoms with Crippen LogP contribution in [0.15, 0.2) is 42.6 Å². The van der Waals surface area contributed by atoms with Gasteiger partial charge in [0.25, 0.3) is 0 Å². The van der Waals surface area contributed by atoms with Crippen LogP contribution in [0.5, 0.6) is 23.0 Å². The maximum absolute atomic E-state index is 11.1. The van der Waals surface area contributed by atoms with Crippen LogP contribution >= 0.6 is 0 Å². The largest absolute Gasteiger partial charge is 0.497 e. The van der Waals surface area contributed by atoms with Gasteiger partial charge >= 0.3 is 5.97 Å². The fourth-order valence-electron chi connectivity index (χ4n) is 2.77. The minimum atomic E-state index is -1.08. The zero-order chi connectivity index (χ0) is 19.4. The van der Waals surface area contributed by atoms with Gasteiger partial charge in [-0.25, -0.2) is 4.79 Å². The molecule has 0 fully saturated rings. The molecule has 7 nitrogen and oxygen atoms in total. The number of nitrogens with zero attached hydrogens (tertiary/aromatic N) is 1. The second kappa shape index (κ2) is 7.82. The lowest BCUT2D eigenvalue weighted by Crippen LogP contribution is -2.10. The first kappa shape index (κ1) is 18.3. The molecule has 140 valence electrons. The van der Waals surface area contributed by atoms with Gasteiger partial charge in [-0.1, -0.05) is 12.1 Å². The Labute approximate surface area is 156 Å². The Balaban J connectivity index is 2.25. The molecular weight excluding hydrogens is 350 g/mol. The number of carbonyl (C=O) groups is 1. The van der Waals surface area contributed by atoms with Gasteiger partial charge < -0.3 is 24.1 Å². The number of pyridine rings is 1. The summed E-state index contributed by atoms with van der Waals surface area (Å²) in [5.74, 6) is 1.07. The highest BCUT2D eigenvalue weighted by atomic mass is 16.5. The van der Waals surface area contributed by atoms with Gasteiger partial charge in [-0.15, -0.1) is 0 Å². The van der Waals surface area contributed by atoms with E-state index in [0.717, 1.165) is 5.56 Å². The normalized spacial score (nSPS) is 10.5. The predicted octanol–water partition coefficient (Wildman–Crippen LogP) is 3.39. The molecule has 0 saturated heterocycles. The predicted molar refractivity (Wildman–Crippen MR) is 100.0 cm³/mol. The zero-order valence-electron chi connectivity index (χ0n) is 15.2. The number of rotatable bonds is 7. The molecule has 2 aromatic carbocycles. The van der Waals surface area contributed by atoms with Crippen molar-refractivity contribution in [3.63, 3.8) is 0 Å². The average Bonchev–Trinajstić information content (AvgIpc) is 2.70. The first-order valence-corrected chi connectivity index (χ1v) is 8.11. The molecule has 0 aliphatic heterocycles. The maximum Gasteiger partial charge on any atom is 0.341 e. The van der Waals surface area contributed by atoms with Crippen molar-refractivity contribution < 1.29 is 28.8 Å². The summed E-state index contributed by atoms with van der Waals surface area (Å²) in [7, 11) is 4.66. The number of benzene rings is 2. The topological polar surface area (TPSA) is 87.1 Å². The van der Waals surface area contributed by atoms with Crippen LogP contribution in [0, 0.1) is 0 Å². The number of hydrogen-bond acceptors (Lipinski definition) is 6. The van der Waals surface area contributed by atoms with Gasteiger partial charge in [0.1, 0.15) is 23.0 Å². The summed E-state index contributed by atoms with van der Waals surface area (Å²) in [6.45, 7) is -0.489. The van der Waals surface area contributed by atoms with Crippen LogP contribution in [0.3, 0.4) is 0 Å². The van der Waals surface area contributed by atoms with E-state index in [-0.39, 0.29) is 0 Å². The Morgan fingerprint density at radius 3 is 2.30 bits per heavy atom. The molecule has 3 aromatic rings. The van der Waals surface area contributed by atoms with E-state index in [1.165, 1.54) is 7.11 Å². The van der Waals surface area contributed by atoms with Crippen molar-refractivity contribution >= 4 is 16.9 Å². The van der Waals surface area contributed by atoms with E-state index in [2.05, 4.69) is 4.98 Å². The molecule has 3 rings (SSSR count). The molecule has 0 aliphatic carbocycles. The molecule has 0 unspecified atom stereocenters. The fraction of sp³-hybridized carbons (Fsp3) is 0.200. The van der Waals surface area contributed by atoms with E-state index < -0.39 is 12.6 Å². The number of aromatic nitrogens is 1. The Bertz CT molecular complexity index is 968. The Kier molecular flexibility index (Phi) is 5.30. The van der Waals surface area contributed by atoms with Crippen LogP contribution in [0.4, 0.5) is 0 Å². The molecule has 1 heterocycles. The highest BCUT2D eigenvalue weighted by Gasteiger charge is 2.18. The molecule has 0 aliphatic rings. The number of carboxylic acids is 1. The monoisotopic (exact) mass is 369 g/mol. The third-order valence-corrected chi connectivity index (χ3v) is 4.06. The van der Waals surface area contributed by atoms with E-state index >= 15 is 0 Å². The van der Waals surface area contributed by atoms with E-state index in [1.54, 1.807) is 32.5 Å². The second-order valence-corrected chi connectivity index (χ2v) is 5.64. The second-order valence-electron chi connectivity index (χ2n) is 5.64. The molecule has 0 radical (unpaired) electrons. The lowest BCUT2D eigenvalue weighted by molar-refractivity contribution is -0.139. The number of aliphatic carboxylic acids is 1. The molecule has 27 heavy (non-hydrogen) atoms. The van der Waals surface area contributed by atoms with Crippen molar-refractivity contribution in [2.45, 2.75) is 0 Å². The SMILES string of the molecule is COc1ccc(-c2cnc3cc(OC)cc(OC)c3c2OCC(=O)O)cc1. The van der Waals surface area contributed by atoms with Gasteiger partial charge in [-0.2, -0.15) is 0 Å². The average molecular weight is 369 g/mol. The third-order valence-electron chi connectivity index (χ3n) is 4.06. The first-order valence-electron chi connectivity index (χ1n) is 8.11. The minimum Gasteiger partial charge on any atom is -0.497 e. The Morgan fingerprint density at radius 1 is 1.00 bits per heavy atom. The molecular formula is C20H19NO6. The number of carboxylic acid groups (broad SMARTS) is 1. The van der Waals surface area contributed by atoms with Gasteiger partial charge in [-0.05, 0) is 17.7 Å². The molecule has 7 heteroatoms. The van der Waals surface area contributed by atoms with Crippen molar-refractivity contribution in [2.24, 2.45) is 0 Å². The Morgan fingerprint density at radius 2 is 1.70 bits per heavy atom. The van der Waals surface area contributed by atoms with Crippen LogP contribution in [0.2, 0.25) is 0 Å². The van der Waals surface area contributed by atoms with Crippen LogP contribution in [-0.2, 0) is 4.79 Å². The fourth-order valence-corrected chi connectivity index (χ4v) is 2.77. The van der Waals surface area contributed by atoms with Crippen molar-refractivity contribution in [3.8, 4) is 34.1 Å². The van der Waals surface area contributed by atoms with Crippen LogP contribution in [0.25, 0.3) is 22.0 Å². The summed E-state index contributed by atoms with van der Waals surface area (Å²) in [5, 5.41) is 9.65. The highest BCUT2D eigenvalue weighted by Crippen LogP contribution is 2.42. The summed E-state index contributed by atoms with van der Waals surface area (Å²) in [6, 6.07) is 10.8. The molecule has 1 aromatic heterocycles. The van der Waals surface area contributed by atoms with Gasteiger partial charge in [-0.3, -0.25) is 4.98 Å². The molecule has 0 amide bonds. The van der Waals surface area contributed by atoms with Gasteiger partial charge in [0, 0.05) is 23.9 Å². The lowest BCUT2D eigenvalue weighted by atomic mass is 10.0. The standard InChI is InChI=1S/C20H19NO6/c1-24-13-6-4-12(5-7-13)15-10-21-16-8-14(25-2)9-17(26-3)19(16)20(15)27-11-18(22)23/h4-10H,11H2,1-3H3,(H,22,23). The molecule has 0 saturated carbocycles.